The Morgan fingerprint density at radius 3 is 1.40 bits per heavy atom. The van der Waals surface area contributed by atoms with Gasteiger partial charge in [0, 0.05) is 12.1 Å². The summed E-state index contributed by atoms with van der Waals surface area (Å²) in [5.41, 5.74) is 0. The maximum Gasteiger partial charge on any atom is 0.232 e. The van der Waals surface area contributed by atoms with E-state index in [2.05, 4.69) is 12.2 Å². The smallest absolute Gasteiger partial charge is 0.232 e. The van der Waals surface area contributed by atoms with Crippen LogP contribution in [0.25, 0.3) is 0 Å². The van der Waals surface area contributed by atoms with Gasteiger partial charge in [-0.3, -0.25) is 9.59 Å². The summed E-state index contributed by atoms with van der Waals surface area (Å²) in [6.07, 6.45) is 8.13. The number of rotatable bonds is 2. The number of amides is 2. The lowest BCUT2D eigenvalue weighted by molar-refractivity contribution is -0.154. The summed E-state index contributed by atoms with van der Waals surface area (Å²) in [4.78, 5) is 29.3. The lowest BCUT2D eigenvalue weighted by Crippen LogP contribution is -2.65. The molecule has 5 heterocycles. The van der Waals surface area contributed by atoms with Gasteiger partial charge >= 0.3 is 0 Å². The molecule has 1 fully saturated rings. The summed E-state index contributed by atoms with van der Waals surface area (Å²) in [5, 5.41) is 0. The highest BCUT2D eigenvalue weighted by Gasteiger charge is 2.50. The third-order valence-electron chi connectivity index (χ3n) is 4.60. The van der Waals surface area contributed by atoms with E-state index in [1.54, 1.807) is 0 Å². The molecule has 108 valence electrons. The predicted octanol–water partition coefficient (Wildman–Crippen LogP) is 1.58. The first-order chi connectivity index (χ1) is 9.43. The fourth-order valence-electron chi connectivity index (χ4n) is 3.76. The molecule has 0 unspecified atom stereocenters. The molecule has 4 atom stereocenters. The summed E-state index contributed by atoms with van der Waals surface area (Å²) in [7, 11) is 0. The molecule has 0 saturated carbocycles. The topological polar surface area (TPSA) is 40.6 Å². The summed E-state index contributed by atoms with van der Waals surface area (Å²) >= 11 is 0. The number of carbonyl (C=O) groups excluding carboxylic acids is 2. The van der Waals surface area contributed by atoms with Crippen LogP contribution in [0.15, 0.2) is 24.3 Å². The molecular formula is C16H22N2O2. The molecule has 0 spiro atoms. The van der Waals surface area contributed by atoms with Gasteiger partial charge in [0.1, 0.15) is 0 Å². The van der Waals surface area contributed by atoms with E-state index in [1.807, 2.05) is 49.6 Å². The molecule has 5 aliphatic heterocycles. The first-order valence-electron chi connectivity index (χ1n) is 7.44. The van der Waals surface area contributed by atoms with Gasteiger partial charge < -0.3 is 9.80 Å². The largest absolute Gasteiger partial charge is 0.332 e. The second-order valence-corrected chi connectivity index (χ2v) is 6.48. The lowest BCUT2D eigenvalue weighted by Gasteiger charge is -2.51. The summed E-state index contributed by atoms with van der Waals surface area (Å²) in [5.74, 6) is -0.162. The molecule has 6 rings (SSSR count). The fraction of sp³-hybridized carbons (Fsp3) is 0.625. The van der Waals surface area contributed by atoms with E-state index in [9.17, 15) is 9.59 Å². The Balaban J connectivity index is 2.12. The SMILES string of the molecule is CC(C)N1C(=O)[C@@H]2C=C[C@@H]1[C@@H]1C=C[C@@H]2N(C(C)C)C1=O. The molecule has 2 amide bonds. The second kappa shape index (κ2) is 4.47. The van der Waals surface area contributed by atoms with Crippen molar-refractivity contribution in [3.8, 4) is 0 Å². The molecular weight excluding hydrogens is 252 g/mol. The molecule has 4 heteroatoms. The highest BCUT2D eigenvalue weighted by atomic mass is 16.2. The van der Waals surface area contributed by atoms with Crippen LogP contribution in [0.5, 0.6) is 0 Å². The molecule has 4 nitrogen and oxygen atoms in total. The zero-order valence-electron chi connectivity index (χ0n) is 12.5. The molecule has 0 radical (unpaired) electrons. The van der Waals surface area contributed by atoms with Crippen LogP contribution < -0.4 is 0 Å². The quantitative estimate of drug-likeness (QED) is 0.717. The van der Waals surface area contributed by atoms with Crippen LogP contribution in [0.1, 0.15) is 27.7 Å². The Morgan fingerprint density at radius 2 is 1.10 bits per heavy atom. The van der Waals surface area contributed by atoms with Gasteiger partial charge in [-0.05, 0) is 27.7 Å². The van der Waals surface area contributed by atoms with Crippen molar-refractivity contribution in [2.24, 2.45) is 11.8 Å². The van der Waals surface area contributed by atoms with Crippen molar-refractivity contribution < 1.29 is 9.59 Å². The Morgan fingerprint density at radius 1 is 0.750 bits per heavy atom. The zero-order chi connectivity index (χ0) is 14.6. The van der Waals surface area contributed by atoms with Crippen molar-refractivity contribution in [1.29, 1.82) is 0 Å². The number of hydrogen-bond acceptors (Lipinski definition) is 2. The molecule has 0 aromatic rings. The maximum atomic E-state index is 12.8. The van der Waals surface area contributed by atoms with E-state index in [1.165, 1.54) is 0 Å². The number of carbonyl (C=O) groups is 2. The minimum Gasteiger partial charge on any atom is -0.332 e. The van der Waals surface area contributed by atoms with Crippen molar-refractivity contribution in [1.82, 2.24) is 9.80 Å². The Bertz CT molecular complexity index is 461. The van der Waals surface area contributed by atoms with Gasteiger partial charge in [-0.1, -0.05) is 24.3 Å². The van der Waals surface area contributed by atoms with Gasteiger partial charge in [0.25, 0.3) is 0 Å². The first kappa shape index (κ1) is 13.4. The van der Waals surface area contributed by atoms with Gasteiger partial charge in [-0.25, -0.2) is 0 Å². The molecule has 1 saturated heterocycles. The fourth-order valence-corrected chi connectivity index (χ4v) is 3.76. The highest BCUT2D eigenvalue weighted by Crippen LogP contribution is 2.38. The van der Waals surface area contributed by atoms with Crippen LogP contribution in [0.2, 0.25) is 0 Å². The van der Waals surface area contributed by atoms with Gasteiger partial charge in [0.05, 0.1) is 23.9 Å². The van der Waals surface area contributed by atoms with Crippen molar-refractivity contribution in [2.75, 3.05) is 0 Å². The van der Waals surface area contributed by atoms with Gasteiger partial charge in [0.15, 0.2) is 0 Å². The summed E-state index contributed by atoms with van der Waals surface area (Å²) in [6.45, 7) is 8.07. The van der Waals surface area contributed by atoms with E-state index < -0.39 is 0 Å². The molecule has 4 bridgehead atoms. The molecule has 0 aromatic heterocycles. The minimum absolute atomic E-state index is 0.119. The van der Waals surface area contributed by atoms with Crippen LogP contribution in [0, 0.1) is 11.8 Å². The predicted molar refractivity (Wildman–Crippen MR) is 76.8 cm³/mol. The van der Waals surface area contributed by atoms with Crippen LogP contribution in [-0.4, -0.2) is 45.8 Å². The van der Waals surface area contributed by atoms with Crippen LogP contribution in [0.3, 0.4) is 0 Å². The third-order valence-corrected chi connectivity index (χ3v) is 4.60. The monoisotopic (exact) mass is 274 g/mol. The highest BCUT2D eigenvalue weighted by molar-refractivity contribution is 5.91. The Labute approximate surface area is 120 Å². The zero-order valence-corrected chi connectivity index (χ0v) is 12.5. The third kappa shape index (κ3) is 1.67. The van der Waals surface area contributed by atoms with Crippen molar-refractivity contribution in [3.05, 3.63) is 24.3 Å². The van der Waals surface area contributed by atoms with E-state index in [4.69, 9.17) is 0 Å². The van der Waals surface area contributed by atoms with E-state index in [0.29, 0.717) is 0 Å². The average molecular weight is 274 g/mol. The molecule has 1 aliphatic carbocycles. The molecule has 20 heavy (non-hydrogen) atoms. The first-order valence-corrected chi connectivity index (χ1v) is 7.44. The Kier molecular flexibility index (Phi) is 3.00. The molecule has 0 N–H and O–H groups in total. The second-order valence-electron chi connectivity index (χ2n) is 6.48. The van der Waals surface area contributed by atoms with Gasteiger partial charge in [-0.15, -0.1) is 0 Å². The van der Waals surface area contributed by atoms with Crippen molar-refractivity contribution >= 4 is 11.8 Å². The maximum absolute atomic E-state index is 12.8. The lowest BCUT2D eigenvalue weighted by atomic mass is 9.77. The van der Waals surface area contributed by atoms with Crippen LogP contribution >= 0.6 is 0 Å². The van der Waals surface area contributed by atoms with Crippen molar-refractivity contribution in [3.63, 3.8) is 0 Å². The van der Waals surface area contributed by atoms with Gasteiger partial charge in [-0.2, -0.15) is 0 Å². The van der Waals surface area contributed by atoms with Gasteiger partial charge in [0.2, 0.25) is 11.8 Å². The number of nitrogens with zero attached hydrogens (tertiary/aromatic N) is 2. The number of hydrogen-bond donors (Lipinski definition) is 0. The minimum atomic E-state index is -0.238. The molecule has 0 aromatic carbocycles. The summed E-state index contributed by atoms with van der Waals surface area (Å²) in [6, 6.07) is -0.0315. The van der Waals surface area contributed by atoms with E-state index in [-0.39, 0.29) is 47.8 Å². The standard InChI is InChI=1S/C16H22N2O2/c1-9(2)17-13-7-5-12(15(17)19)14-8-6-11(13)16(20)18(14)10(3)4/h5-14H,1-4H3/t11-,12+,13+,14-. The van der Waals surface area contributed by atoms with Crippen LogP contribution in [-0.2, 0) is 9.59 Å². The van der Waals surface area contributed by atoms with Crippen molar-refractivity contribution in [2.45, 2.75) is 51.9 Å². The van der Waals surface area contributed by atoms with Crippen LogP contribution in [0.4, 0.5) is 0 Å². The van der Waals surface area contributed by atoms with E-state index >= 15 is 0 Å². The molecule has 6 aliphatic rings. The Hall–Kier alpha value is -1.58. The van der Waals surface area contributed by atoms with E-state index in [0.717, 1.165) is 0 Å². The average Bonchev–Trinajstić information content (AvgIpc) is 2.33. The normalized spacial score (nSPS) is 35.5. The summed E-state index contributed by atoms with van der Waals surface area (Å²) < 4.78 is 0.